The molecule has 1 fully saturated rings. The molecule has 0 unspecified atom stereocenters. The molecule has 0 bridgehead atoms. The summed E-state index contributed by atoms with van der Waals surface area (Å²) in [6.07, 6.45) is 1.99. The predicted molar refractivity (Wildman–Crippen MR) is 82.1 cm³/mol. The maximum Gasteiger partial charge on any atom is 0.236 e. The van der Waals surface area contributed by atoms with Crippen LogP contribution in [0, 0.1) is 0 Å². The molecule has 1 aliphatic rings. The Bertz CT molecular complexity index is 429. The summed E-state index contributed by atoms with van der Waals surface area (Å²) >= 11 is 5.10. The maximum atomic E-state index is 12.1. The zero-order valence-electron chi connectivity index (χ0n) is 11.1. The van der Waals surface area contributed by atoms with Crippen LogP contribution in [0.4, 0.5) is 0 Å². The standard InChI is InChI=1S/C13H20BrN3OS/c1-16(7-12-6-10(14)9-19-12)13(18)8-17-4-2-11(15)3-5-17/h6,9,11H,2-5,7-8,15H2,1H3. The van der Waals surface area contributed by atoms with Crippen molar-refractivity contribution >= 4 is 33.2 Å². The molecule has 1 saturated heterocycles. The number of thiophene rings is 1. The molecule has 0 saturated carbocycles. The monoisotopic (exact) mass is 345 g/mol. The quantitative estimate of drug-likeness (QED) is 0.906. The Morgan fingerprint density at radius 3 is 2.84 bits per heavy atom. The number of carbonyl (C=O) groups is 1. The lowest BCUT2D eigenvalue weighted by molar-refractivity contribution is -0.131. The number of likely N-dealkylation sites (N-methyl/N-ethyl adjacent to an activating group) is 1. The van der Waals surface area contributed by atoms with Gasteiger partial charge in [0.15, 0.2) is 0 Å². The number of hydrogen-bond acceptors (Lipinski definition) is 4. The Morgan fingerprint density at radius 1 is 1.58 bits per heavy atom. The molecule has 2 N–H and O–H groups in total. The third-order valence-electron chi connectivity index (χ3n) is 3.43. The zero-order chi connectivity index (χ0) is 13.8. The normalized spacial score (nSPS) is 17.6. The summed E-state index contributed by atoms with van der Waals surface area (Å²) in [5.41, 5.74) is 5.87. The van der Waals surface area contributed by atoms with Crippen molar-refractivity contribution in [1.29, 1.82) is 0 Å². The summed E-state index contributed by atoms with van der Waals surface area (Å²) in [5, 5.41) is 2.04. The van der Waals surface area contributed by atoms with Crippen molar-refractivity contribution in [2.45, 2.75) is 25.4 Å². The van der Waals surface area contributed by atoms with Gasteiger partial charge in [0.1, 0.15) is 0 Å². The second-order valence-corrected chi connectivity index (χ2v) is 7.01. The van der Waals surface area contributed by atoms with Crippen molar-refractivity contribution in [2.75, 3.05) is 26.7 Å². The first-order chi connectivity index (χ1) is 9.04. The summed E-state index contributed by atoms with van der Waals surface area (Å²) < 4.78 is 1.08. The number of amides is 1. The average Bonchev–Trinajstić information content (AvgIpc) is 2.77. The predicted octanol–water partition coefficient (Wildman–Crippen LogP) is 1.89. The third-order valence-corrected chi connectivity index (χ3v) is 5.11. The van der Waals surface area contributed by atoms with E-state index < -0.39 is 0 Å². The smallest absolute Gasteiger partial charge is 0.236 e. The summed E-state index contributed by atoms with van der Waals surface area (Å²) in [7, 11) is 1.87. The fraction of sp³-hybridized carbons (Fsp3) is 0.615. The minimum Gasteiger partial charge on any atom is -0.340 e. The van der Waals surface area contributed by atoms with Crippen LogP contribution in [0.3, 0.4) is 0 Å². The van der Waals surface area contributed by atoms with Crippen molar-refractivity contribution in [3.63, 3.8) is 0 Å². The van der Waals surface area contributed by atoms with Crippen LogP contribution in [0.1, 0.15) is 17.7 Å². The van der Waals surface area contributed by atoms with E-state index in [-0.39, 0.29) is 5.91 Å². The number of carbonyl (C=O) groups excluding carboxylic acids is 1. The van der Waals surface area contributed by atoms with Gasteiger partial charge in [-0.25, -0.2) is 0 Å². The van der Waals surface area contributed by atoms with Gasteiger partial charge in [-0.1, -0.05) is 0 Å². The van der Waals surface area contributed by atoms with Gasteiger partial charge < -0.3 is 10.6 Å². The highest BCUT2D eigenvalue weighted by molar-refractivity contribution is 9.10. The van der Waals surface area contributed by atoms with Crippen LogP contribution in [0.25, 0.3) is 0 Å². The number of halogens is 1. The van der Waals surface area contributed by atoms with Gasteiger partial charge in [0.05, 0.1) is 13.1 Å². The Labute approximate surface area is 126 Å². The van der Waals surface area contributed by atoms with E-state index in [2.05, 4.69) is 26.9 Å². The molecule has 2 heterocycles. The van der Waals surface area contributed by atoms with E-state index in [1.54, 1.807) is 16.2 Å². The molecule has 0 atom stereocenters. The lowest BCUT2D eigenvalue weighted by Crippen LogP contribution is -2.44. The summed E-state index contributed by atoms with van der Waals surface area (Å²) in [6, 6.07) is 2.38. The number of likely N-dealkylation sites (tertiary alicyclic amines) is 1. The van der Waals surface area contributed by atoms with Gasteiger partial charge in [-0.3, -0.25) is 9.69 Å². The molecule has 4 nitrogen and oxygen atoms in total. The largest absolute Gasteiger partial charge is 0.340 e. The number of piperidine rings is 1. The van der Waals surface area contributed by atoms with Crippen LogP contribution in [-0.2, 0) is 11.3 Å². The van der Waals surface area contributed by atoms with Crippen molar-refractivity contribution in [1.82, 2.24) is 9.80 Å². The van der Waals surface area contributed by atoms with Gasteiger partial charge in [-0.05, 0) is 34.8 Å². The van der Waals surface area contributed by atoms with Crippen LogP contribution < -0.4 is 5.73 Å². The van der Waals surface area contributed by atoms with E-state index in [4.69, 9.17) is 5.73 Å². The minimum absolute atomic E-state index is 0.181. The van der Waals surface area contributed by atoms with Gasteiger partial charge in [-0.2, -0.15) is 0 Å². The third kappa shape index (κ3) is 4.56. The van der Waals surface area contributed by atoms with Gasteiger partial charge >= 0.3 is 0 Å². The van der Waals surface area contributed by atoms with Crippen LogP contribution >= 0.6 is 27.3 Å². The van der Waals surface area contributed by atoms with E-state index in [9.17, 15) is 4.79 Å². The molecule has 106 valence electrons. The topological polar surface area (TPSA) is 49.6 Å². The molecular weight excluding hydrogens is 326 g/mol. The molecule has 19 heavy (non-hydrogen) atoms. The average molecular weight is 346 g/mol. The summed E-state index contributed by atoms with van der Waals surface area (Å²) in [4.78, 5) is 17.3. The first-order valence-electron chi connectivity index (χ1n) is 6.49. The fourth-order valence-corrected chi connectivity index (χ4v) is 3.69. The van der Waals surface area contributed by atoms with Gasteiger partial charge in [-0.15, -0.1) is 11.3 Å². The molecule has 1 amide bonds. The molecular formula is C13H20BrN3OS. The lowest BCUT2D eigenvalue weighted by Gasteiger charge is -2.30. The first-order valence-corrected chi connectivity index (χ1v) is 8.16. The highest BCUT2D eigenvalue weighted by Crippen LogP contribution is 2.21. The molecule has 1 aromatic rings. The molecule has 0 spiro atoms. The number of nitrogens with two attached hydrogens (primary N) is 1. The van der Waals surface area contributed by atoms with Crippen molar-refractivity contribution in [3.8, 4) is 0 Å². The van der Waals surface area contributed by atoms with E-state index in [0.29, 0.717) is 19.1 Å². The minimum atomic E-state index is 0.181. The lowest BCUT2D eigenvalue weighted by atomic mass is 10.1. The number of nitrogens with zero attached hydrogens (tertiary/aromatic N) is 2. The van der Waals surface area contributed by atoms with E-state index in [1.165, 1.54) is 4.88 Å². The van der Waals surface area contributed by atoms with Crippen LogP contribution in [0.5, 0.6) is 0 Å². The van der Waals surface area contributed by atoms with E-state index in [1.807, 2.05) is 12.4 Å². The van der Waals surface area contributed by atoms with Crippen LogP contribution in [0.15, 0.2) is 15.9 Å². The SMILES string of the molecule is CN(Cc1cc(Br)cs1)C(=O)CN1CCC(N)CC1. The van der Waals surface area contributed by atoms with Crippen molar-refractivity contribution < 1.29 is 4.79 Å². The van der Waals surface area contributed by atoms with Gasteiger partial charge in [0.25, 0.3) is 0 Å². The molecule has 1 aromatic heterocycles. The fourth-order valence-electron chi connectivity index (χ4n) is 2.18. The Hall–Kier alpha value is -0.430. The first kappa shape index (κ1) is 15.0. The molecule has 6 heteroatoms. The molecule has 1 aliphatic heterocycles. The van der Waals surface area contributed by atoms with Crippen LogP contribution in [-0.4, -0.2) is 48.4 Å². The summed E-state index contributed by atoms with van der Waals surface area (Å²) in [5.74, 6) is 0.181. The second kappa shape index (κ2) is 6.83. The second-order valence-electron chi connectivity index (χ2n) is 5.09. The number of rotatable bonds is 4. The van der Waals surface area contributed by atoms with E-state index in [0.717, 1.165) is 30.4 Å². The summed E-state index contributed by atoms with van der Waals surface area (Å²) in [6.45, 7) is 3.06. The zero-order valence-corrected chi connectivity index (χ0v) is 13.5. The molecule has 0 aromatic carbocycles. The Morgan fingerprint density at radius 2 is 2.26 bits per heavy atom. The van der Waals surface area contributed by atoms with Gasteiger partial charge in [0, 0.05) is 40.9 Å². The Kier molecular flexibility index (Phi) is 5.38. The molecule has 0 radical (unpaired) electrons. The van der Waals surface area contributed by atoms with Crippen molar-refractivity contribution in [2.24, 2.45) is 5.73 Å². The Balaban J connectivity index is 1.79. The highest BCUT2D eigenvalue weighted by atomic mass is 79.9. The van der Waals surface area contributed by atoms with Crippen molar-refractivity contribution in [3.05, 3.63) is 20.8 Å². The maximum absolute atomic E-state index is 12.1. The molecule has 2 rings (SSSR count). The van der Waals surface area contributed by atoms with E-state index >= 15 is 0 Å². The highest BCUT2D eigenvalue weighted by Gasteiger charge is 2.20. The van der Waals surface area contributed by atoms with Crippen LogP contribution in [0.2, 0.25) is 0 Å². The number of hydrogen-bond donors (Lipinski definition) is 1. The van der Waals surface area contributed by atoms with Gasteiger partial charge in [0.2, 0.25) is 5.91 Å². The molecule has 0 aliphatic carbocycles.